The number of methoxy groups -OCH3 is 2. The van der Waals surface area contributed by atoms with Crippen LogP contribution in [0.15, 0.2) is 42.5 Å². The number of rotatable bonds is 4. The fourth-order valence-electron chi connectivity index (χ4n) is 2.51. The minimum Gasteiger partial charge on any atom is -0.497 e. The van der Waals surface area contributed by atoms with Gasteiger partial charge < -0.3 is 9.47 Å². The third-order valence-corrected chi connectivity index (χ3v) is 4.10. The van der Waals surface area contributed by atoms with Crippen LogP contribution in [-0.4, -0.2) is 24.4 Å². The van der Waals surface area contributed by atoms with E-state index < -0.39 is 5.24 Å². The molecule has 1 aromatic heterocycles. The van der Waals surface area contributed by atoms with E-state index in [9.17, 15) is 4.79 Å². The van der Waals surface area contributed by atoms with Crippen molar-refractivity contribution in [2.45, 2.75) is 0 Å². The second-order valence-electron chi connectivity index (χ2n) is 5.06. The lowest BCUT2D eigenvalue weighted by atomic mass is 10.0. The second kappa shape index (κ2) is 6.67. The monoisotopic (exact) mass is 361 g/mol. The minimum atomic E-state index is -0.576. The van der Waals surface area contributed by atoms with Gasteiger partial charge >= 0.3 is 0 Å². The van der Waals surface area contributed by atoms with Crippen LogP contribution in [0.3, 0.4) is 0 Å². The summed E-state index contributed by atoms with van der Waals surface area (Å²) >= 11 is 11.8. The third-order valence-electron chi connectivity index (χ3n) is 3.67. The number of carbonyl (C=O) groups is 1. The standard InChI is InChI=1S/C18H13Cl2NO3/c1-23-11-4-6-17(24-2)14(8-11)16-9-13(18(20)22)12-7-10(19)3-5-15(12)21-16/h3-9H,1-2H3. The van der Waals surface area contributed by atoms with Gasteiger partial charge in [-0.25, -0.2) is 4.98 Å². The highest BCUT2D eigenvalue weighted by Gasteiger charge is 2.16. The van der Waals surface area contributed by atoms with E-state index in [2.05, 4.69) is 4.98 Å². The van der Waals surface area contributed by atoms with E-state index in [1.165, 1.54) is 0 Å². The molecule has 0 saturated heterocycles. The smallest absolute Gasteiger partial charge is 0.253 e. The van der Waals surface area contributed by atoms with Gasteiger partial charge in [0, 0.05) is 21.5 Å². The van der Waals surface area contributed by atoms with Crippen molar-refractivity contribution in [1.82, 2.24) is 4.98 Å². The van der Waals surface area contributed by atoms with Gasteiger partial charge in [-0.15, -0.1) is 0 Å². The topological polar surface area (TPSA) is 48.4 Å². The molecule has 0 radical (unpaired) electrons. The van der Waals surface area contributed by atoms with Crippen LogP contribution in [0, 0.1) is 0 Å². The van der Waals surface area contributed by atoms with Gasteiger partial charge in [0.05, 0.1) is 25.4 Å². The SMILES string of the molecule is COc1ccc(OC)c(-c2cc(C(=O)Cl)c3cc(Cl)ccc3n2)c1. The van der Waals surface area contributed by atoms with Crippen molar-refractivity contribution in [2.24, 2.45) is 0 Å². The van der Waals surface area contributed by atoms with Crippen molar-refractivity contribution in [1.29, 1.82) is 0 Å². The number of ether oxygens (including phenoxy) is 2. The highest BCUT2D eigenvalue weighted by Crippen LogP contribution is 2.35. The summed E-state index contributed by atoms with van der Waals surface area (Å²) in [6.45, 7) is 0. The number of carbonyl (C=O) groups excluding carboxylic acids is 1. The van der Waals surface area contributed by atoms with E-state index in [0.29, 0.717) is 44.2 Å². The van der Waals surface area contributed by atoms with Crippen LogP contribution in [0.1, 0.15) is 10.4 Å². The van der Waals surface area contributed by atoms with Crippen LogP contribution in [0.4, 0.5) is 0 Å². The van der Waals surface area contributed by atoms with Crippen molar-refractivity contribution >= 4 is 39.3 Å². The predicted molar refractivity (Wildman–Crippen MR) is 95.5 cm³/mol. The first-order valence-electron chi connectivity index (χ1n) is 7.06. The Hall–Kier alpha value is -2.30. The Morgan fingerprint density at radius 1 is 1.04 bits per heavy atom. The Morgan fingerprint density at radius 3 is 2.50 bits per heavy atom. The Morgan fingerprint density at radius 2 is 1.83 bits per heavy atom. The fraction of sp³-hybridized carbons (Fsp3) is 0.111. The average molecular weight is 362 g/mol. The summed E-state index contributed by atoms with van der Waals surface area (Å²) in [5.41, 5.74) is 2.22. The first-order valence-corrected chi connectivity index (χ1v) is 7.81. The Kier molecular flexibility index (Phi) is 4.60. The van der Waals surface area contributed by atoms with Crippen LogP contribution in [-0.2, 0) is 0 Å². The molecule has 0 bridgehead atoms. The molecule has 0 saturated carbocycles. The zero-order valence-corrected chi connectivity index (χ0v) is 14.5. The molecule has 24 heavy (non-hydrogen) atoms. The predicted octanol–water partition coefficient (Wildman–Crippen LogP) is 4.95. The van der Waals surface area contributed by atoms with Gasteiger partial charge in [-0.05, 0) is 54.1 Å². The van der Waals surface area contributed by atoms with Crippen LogP contribution in [0.25, 0.3) is 22.2 Å². The molecule has 3 rings (SSSR count). The molecule has 0 amide bonds. The molecule has 0 N–H and O–H groups in total. The lowest BCUT2D eigenvalue weighted by Gasteiger charge is -2.12. The molecular formula is C18H13Cl2NO3. The van der Waals surface area contributed by atoms with Crippen molar-refractivity contribution in [3.05, 3.63) is 53.1 Å². The average Bonchev–Trinajstić information content (AvgIpc) is 2.60. The maximum absolute atomic E-state index is 11.9. The van der Waals surface area contributed by atoms with Crippen LogP contribution in [0.5, 0.6) is 11.5 Å². The molecule has 122 valence electrons. The molecule has 0 aliphatic rings. The van der Waals surface area contributed by atoms with E-state index in [0.717, 1.165) is 0 Å². The lowest BCUT2D eigenvalue weighted by molar-refractivity contribution is 0.108. The van der Waals surface area contributed by atoms with E-state index in [4.69, 9.17) is 32.7 Å². The number of hydrogen-bond acceptors (Lipinski definition) is 4. The molecule has 0 fully saturated rings. The maximum Gasteiger partial charge on any atom is 0.253 e. The van der Waals surface area contributed by atoms with E-state index >= 15 is 0 Å². The summed E-state index contributed by atoms with van der Waals surface area (Å²) < 4.78 is 10.7. The summed E-state index contributed by atoms with van der Waals surface area (Å²) in [4.78, 5) is 16.5. The van der Waals surface area contributed by atoms with Crippen molar-refractivity contribution in [2.75, 3.05) is 14.2 Å². The largest absolute Gasteiger partial charge is 0.497 e. The number of hydrogen-bond donors (Lipinski definition) is 0. The van der Waals surface area contributed by atoms with Crippen molar-refractivity contribution in [3.8, 4) is 22.8 Å². The second-order valence-corrected chi connectivity index (χ2v) is 5.84. The van der Waals surface area contributed by atoms with Gasteiger partial charge in [0.25, 0.3) is 5.24 Å². The lowest BCUT2D eigenvalue weighted by Crippen LogP contribution is -1.97. The van der Waals surface area contributed by atoms with Gasteiger partial charge in [0.15, 0.2) is 0 Å². The first-order chi connectivity index (χ1) is 11.5. The third kappa shape index (κ3) is 3.03. The van der Waals surface area contributed by atoms with Gasteiger partial charge in [0.2, 0.25) is 0 Å². The van der Waals surface area contributed by atoms with Crippen LogP contribution in [0.2, 0.25) is 5.02 Å². The van der Waals surface area contributed by atoms with Gasteiger partial charge in [-0.3, -0.25) is 4.79 Å². The summed E-state index contributed by atoms with van der Waals surface area (Å²) in [6.07, 6.45) is 0. The molecule has 0 aliphatic carbocycles. The summed E-state index contributed by atoms with van der Waals surface area (Å²) in [5.74, 6) is 1.27. The quantitative estimate of drug-likeness (QED) is 0.616. The van der Waals surface area contributed by atoms with E-state index in [-0.39, 0.29) is 0 Å². The van der Waals surface area contributed by atoms with Gasteiger partial charge in [0.1, 0.15) is 11.5 Å². The zero-order valence-electron chi connectivity index (χ0n) is 13.0. The number of halogens is 2. The summed E-state index contributed by atoms with van der Waals surface area (Å²) in [5, 5.41) is 0.538. The maximum atomic E-state index is 11.9. The number of pyridine rings is 1. The zero-order chi connectivity index (χ0) is 17.3. The highest BCUT2D eigenvalue weighted by molar-refractivity contribution is 6.68. The molecule has 3 aromatic rings. The number of nitrogens with zero attached hydrogens (tertiary/aromatic N) is 1. The highest BCUT2D eigenvalue weighted by atomic mass is 35.5. The van der Waals surface area contributed by atoms with Crippen LogP contribution < -0.4 is 9.47 Å². The Bertz CT molecular complexity index is 941. The normalized spacial score (nSPS) is 10.7. The Balaban J connectivity index is 2.31. The molecule has 0 aliphatic heterocycles. The van der Waals surface area contributed by atoms with Gasteiger partial charge in [-0.1, -0.05) is 11.6 Å². The number of aromatic nitrogens is 1. The summed E-state index contributed by atoms with van der Waals surface area (Å²) in [6, 6.07) is 12.1. The molecular weight excluding hydrogens is 349 g/mol. The fourth-order valence-corrected chi connectivity index (χ4v) is 2.84. The van der Waals surface area contributed by atoms with Gasteiger partial charge in [-0.2, -0.15) is 0 Å². The van der Waals surface area contributed by atoms with E-state index in [1.54, 1.807) is 56.7 Å². The summed E-state index contributed by atoms with van der Waals surface area (Å²) in [7, 11) is 3.15. The minimum absolute atomic E-state index is 0.337. The number of fused-ring (bicyclic) bond motifs is 1. The molecule has 0 unspecified atom stereocenters. The molecule has 1 heterocycles. The number of benzene rings is 2. The van der Waals surface area contributed by atoms with Crippen molar-refractivity contribution in [3.63, 3.8) is 0 Å². The molecule has 0 spiro atoms. The van der Waals surface area contributed by atoms with Crippen LogP contribution >= 0.6 is 23.2 Å². The van der Waals surface area contributed by atoms with Crippen molar-refractivity contribution < 1.29 is 14.3 Å². The Labute approximate surface area is 148 Å². The molecule has 0 atom stereocenters. The van der Waals surface area contributed by atoms with E-state index in [1.807, 2.05) is 0 Å². The molecule has 6 heteroatoms. The molecule has 2 aromatic carbocycles. The first kappa shape index (κ1) is 16.6. The molecule has 4 nitrogen and oxygen atoms in total.